The maximum atomic E-state index is 11.5. The van der Waals surface area contributed by atoms with Gasteiger partial charge in [0, 0.05) is 25.8 Å². The molecule has 2 rings (SSSR count). The molecule has 2 N–H and O–H groups in total. The van der Waals surface area contributed by atoms with Crippen molar-refractivity contribution in [2.45, 2.75) is 29.6 Å². The van der Waals surface area contributed by atoms with Crippen LogP contribution in [0.4, 0.5) is 0 Å². The van der Waals surface area contributed by atoms with Gasteiger partial charge >= 0.3 is 0 Å². The Morgan fingerprint density at radius 1 is 1.33 bits per heavy atom. The summed E-state index contributed by atoms with van der Waals surface area (Å²) in [4.78, 5) is 0.237. The van der Waals surface area contributed by atoms with Crippen molar-refractivity contribution in [3.05, 3.63) is 24.3 Å². The molecule has 0 aromatic heterocycles. The molecule has 1 saturated carbocycles. The van der Waals surface area contributed by atoms with Crippen molar-refractivity contribution in [2.24, 2.45) is 5.73 Å². The summed E-state index contributed by atoms with van der Waals surface area (Å²) < 4.78 is 39.4. The van der Waals surface area contributed by atoms with Crippen molar-refractivity contribution in [2.75, 3.05) is 26.6 Å². The van der Waals surface area contributed by atoms with Crippen LogP contribution in [0.15, 0.2) is 29.2 Å². The van der Waals surface area contributed by atoms with Crippen molar-refractivity contribution < 1.29 is 22.6 Å². The van der Waals surface area contributed by atoms with Crippen LogP contribution in [0.1, 0.15) is 6.42 Å². The normalized spacial score (nSPS) is 25.4. The predicted molar refractivity (Wildman–Crippen MR) is 78.2 cm³/mol. The Kier molecular flexibility index (Phi) is 5.21. The summed E-state index contributed by atoms with van der Waals surface area (Å²) in [5, 5.41) is 0. The first-order valence-corrected chi connectivity index (χ1v) is 8.64. The van der Waals surface area contributed by atoms with Gasteiger partial charge < -0.3 is 19.9 Å². The van der Waals surface area contributed by atoms with Crippen molar-refractivity contribution in [1.82, 2.24) is 0 Å². The van der Waals surface area contributed by atoms with Gasteiger partial charge in [0.15, 0.2) is 9.84 Å². The molecule has 1 aromatic carbocycles. The van der Waals surface area contributed by atoms with E-state index in [1.54, 1.807) is 25.3 Å². The number of nitrogens with two attached hydrogens (primary N) is 1. The second kappa shape index (κ2) is 6.74. The number of ether oxygens (including phenoxy) is 3. The van der Waals surface area contributed by atoms with Gasteiger partial charge in [-0.1, -0.05) is 6.07 Å². The van der Waals surface area contributed by atoms with E-state index >= 15 is 0 Å². The smallest absolute Gasteiger partial charge is 0.175 e. The zero-order valence-corrected chi connectivity index (χ0v) is 13.0. The molecule has 0 bridgehead atoms. The predicted octanol–water partition coefficient (Wildman–Crippen LogP) is 0.600. The molecule has 0 heterocycles. The average Bonchev–Trinajstić information content (AvgIpc) is 2.42. The summed E-state index contributed by atoms with van der Waals surface area (Å²) in [6, 6.07) is 6.38. The van der Waals surface area contributed by atoms with Crippen LogP contribution in [0, 0.1) is 0 Å². The molecule has 3 unspecified atom stereocenters. The fourth-order valence-corrected chi connectivity index (χ4v) is 2.84. The first-order valence-electron chi connectivity index (χ1n) is 6.74. The highest BCUT2D eigenvalue weighted by atomic mass is 32.2. The SMILES string of the molecule is COCCOC1C(N)CC1Oc1cccc(S(C)(=O)=O)c1. The Morgan fingerprint density at radius 3 is 2.71 bits per heavy atom. The fourth-order valence-electron chi connectivity index (χ4n) is 2.18. The van der Waals surface area contributed by atoms with E-state index in [1.807, 2.05) is 0 Å². The molecule has 21 heavy (non-hydrogen) atoms. The molecule has 0 aliphatic heterocycles. The molecule has 1 aromatic rings. The summed E-state index contributed by atoms with van der Waals surface area (Å²) in [7, 11) is -1.64. The Balaban J connectivity index is 1.98. The summed E-state index contributed by atoms with van der Waals surface area (Å²) in [6.07, 6.45) is 1.50. The first-order chi connectivity index (χ1) is 9.91. The molecule has 0 saturated heterocycles. The van der Waals surface area contributed by atoms with Gasteiger partial charge in [0.05, 0.1) is 18.1 Å². The van der Waals surface area contributed by atoms with Crippen LogP contribution in [0.3, 0.4) is 0 Å². The Bertz CT molecular complexity index is 574. The minimum atomic E-state index is -3.24. The van der Waals surface area contributed by atoms with Gasteiger partial charge in [0.25, 0.3) is 0 Å². The van der Waals surface area contributed by atoms with Gasteiger partial charge in [-0.2, -0.15) is 0 Å². The number of rotatable bonds is 7. The van der Waals surface area contributed by atoms with Crippen LogP contribution in [0.5, 0.6) is 5.75 Å². The number of sulfone groups is 1. The average molecular weight is 315 g/mol. The van der Waals surface area contributed by atoms with Gasteiger partial charge in [-0.15, -0.1) is 0 Å². The lowest BCUT2D eigenvalue weighted by atomic mass is 9.86. The summed E-state index contributed by atoms with van der Waals surface area (Å²) >= 11 is 0. The second-order valence-electron chi connectivity index (χ2n) is 5.13. The molecule has 3 atom stereocenters. The molecule has 0 amide bonds. The van der Waals surface area contributed by atoms with Crippen LogP contribution in [0.25, 0.3) is 0 Å². The molecule has 0 spiro atoms. The monoisotopic (exact) mass is 315 g/mol. The molecular formula is C14H21NO5S. The van der Waals surface area contributed by atoms with Crippen molar-refractivity contribution in [3.63, 3.8) is 0 Å². The Morgan fingerprint density at radius 2 is 2.10 bits per heavy atom. The van der Waals surface area contributed by atoms with E-state index in [0.29, 0.717) is 25.4 Å². The van der Waals surface area contributed by atoms with Gasteiger partial charge in [-0.3, -0.25) is 0 Å². The van der Waals surface area contributed by atoms with Crippen molar-refractivity contribution >= 4 is 9.84 Å². The van der Waals surface area contributed by atoms with Gasteiger partial charge in [-0.25, -0.2) is 8.42 Å². The van der Waals surface area contributed by atoms with Crippen LogP contribution in [-0.4, -0.2) is 53.2 Å². The maximum Gasteiger partial charge on any atom is 0.175 e. The van der Waals surface area contributed by atoms with Gasteiger partial charge in [-0.05, 0) is 18.2 Å². The van der Waals surface area contributed by atoms with E-state index in [0.717, 1.165) is 0 Å². The van der Waals surface area contributed by atoms with E-state index < -0.39 is 9.84 Å². The minimum absolute atomic E-state index is 0.0649. The van der Waals surface area contributed by atoms with Gasteiger partial charge in [0.2, 0.25) is 0 Å². The highest BCUT2D eigenvalue weighted by Crippen LogP contribution is 2.28. The quantitative estimate of drug-likeness (QED) is 0.741. The molecule has 7 heteroatoms. The lowest BCUT2D eigenvalue weighted by Crippen LogP contribution is -2.59. The molecule has 1 aliphatic carbocycles. The van der Waals surface area contributed by atoms with E-state index in [1.165, 1.54) is 12.3 Å². The third-order valence-corrected chi connectivity index (χ3v) is 4.52. The number of benzene rings is 1. The highest BCUT2D eigenvalue weighted by Gasteiger charge is 2.41. The highest BCUT2D eigenvalue weighted by molar-refractivity contribution is 7.90. The van der Waals surface area contributed by atoms with E-state index in [9.17, 15) is 8.42 Å². The molecule has 1 fully saturated rings. The zero-order chi connectivity index (χ0) is 15.5. The standard InChI is InChI=1S/C14H21NO5S/c1-18-6-7-19-14-12(15)9-13(14)20-10-4-3-5-11(8-10)21(2,16)17/h3-5,8,12-14H,6-7,9,15H2,1-2H3. The second-order valence-corrected chi connectivity index (χ2v) is 7.15. The number of hydrogen-bond acceptors (Lipinski definition) is 6. The van der Waals surface area contributed by atoms with Crippen LogP contribution in [0.2, 0.25) is 0 Å². The number of methoxy groups -OCH3 is 1. The molecule has 0 radical (unpaired) electrons. The Labute approximate surface area is 125 Å². The summed E-state index contributed by atoms with van der Waals surface area (Å²) in [5.41, 5.74) is 5.91. The van der Waals surface area contributed by atoms with Crippen LogP contribution in [-0.2, 0) is 19.3 Å². The lowest BCUT2D eigenvalue weighted by Gasteiger charge is -2.41. The summed E-state index contributed by atoms with van der Waals surface area (Å²) in [5.74, 6) is 0.509. The van der Waals surface area contributed by atoms with Crippen molar-refractivity contribution in [1.29, 1.82) is 0 Å². The third kappa shape index (κ3) is 4.16. The fraction of sp³-hybridized carbons (Fsp3) is 0.571. The van der Waals surface area contributed by atoms with Crippen LogP contribution < -0.4 is 10.5 Å². The van der Waals surface area contributed by atoms with E-state index in [2.05, 4.69) is 0 Å². The molecule has 1 aliphatic rings. The van der Waals surface area contributed by atoms with Gasteiger partial charge in [0.1, 0.15) is 18.0 Å². The summed E-state index contributed by atoms with van der Waals surface area (Å²) in [6.45, 7) is 0.956. The first kappa shape index (κ1) is 16.2. The Hall–Kier alpha value is -1.15. The molecular weight excluding hydrogens is 294 g/mol. The lowest BCUT2D eigenvalue weighted by molar-refractivity contribution is -0.107. The van der Waals surface area contributed by atoms with Crippen LogP contribution >= 0.6 is 0 Å². The maximum absolute atomic E-state index is 11.5. The molecule has 6 nitrogen and oxygen atoms in total. The largest absolute Gasteiger partial charge is 0.488 e. The minimum Gasteiger partial charge on any atom is -0.488 e. The van der Waals surface area contributed by atoms with E-state index in [-0.39, 0.29) is 23.1 Å². The molecule has 118 valence electrons. The number of hydrogen-bond donors (Lipinski definition) is 1. The topological polar surface area (TPSA) is 87.8 Å². The zero-order valence-electron chi connectivity index (χ0n) is 12.2. The van der Waals surface area contributed by atoms with E-state index in [4.69, 9.17) is 19.9 Å². The van der Waals surface area contributed by atoms with Crippen molar-refractivity contribution in [3.8, 4) is 5.75 Å². The third-order valence-electron chi connectivity index (χ3n) is 3.41.